The van der Waals surface area contributed by atoms with Gasteiger partial charge in [-0.05, 0) is 43.3 Å². The van der Waals surface area contributed by atoms with Crippen molar-refractivity contribution in [2.75, 3.05) is 17.7 Å². The lowest BCUT2D eigenvalue weighted by atomic mass is 10.1. The van der Waals surface area contributed by atoms with Gasteiger partial charge in [-0.2, -0.15) is 0 Å². The SMILES string of the molecule is COc1ccc(C(=O)Nc2nc(CC(=O)Nc3cccc(C(C)=O)c3)cs2)cc1. The highest BCUT2D eigenvalue weighted by Gasteiger charge is 2.12. The number of amides is 2. The van der Waals surface area contributed by atoms with E-state index in [9.17, 15) is 14.4 Å². The molecule has 1 aromatic heterocycles. The van der Waals surface area contributed by atoms with E-state index in [1.807, 2.05) is 0 Å². The van der Waals surface area contributed by atoms with Crippen LogP contribution in [0.5, 0.6) is 5.75 Å². The molecule has 0 spiro atoms. The van der Waals surface area contributed by atoms with Crippen molar-refractivity contribution in [3.8, 4) is 5.75 Å². The summed E-state index contributed by atoms with van der Waals surface area (Å²) in [6.45, 7) is 1.47. The fraction of sp³-hybridized carbons (Fsp3) is 0.143. The van der Waals surface area contributed by atoms with Crippen LogP contribution in [0.25, 0.3) is 0 Å². The predicted octanol–water partition coefficient (Wildman–Crippen LogP) is 3.79. The number of ketones is 1. The van der Waals surface area contributed by atoms with E-state index in [1.54, 1.807) is 61.0 Å². The molecule has 0 saturated heterocycles. The maximum atomic E-state index is 12.3. The number of hydrogen-bond acceptors (Lipinski definition) is 6. The smallest absolute Gasteiger partial charge is 0.257 e. The Morgan fingerprint density at radius 2 is 1.79 bits per heavy atom. The van der Waals surface area contributed by atoms with E-state index in [0.717, 1.165) is 0 Å². The first-order valence-electron chi connectivity index (χ1n) is 8.75. The van der Waals surface area contributed by atoms with Crippen molar-refractivity contribution in [2.45, 2.75) is 13.3 Å². The fourth-order valence-corrected chi connectivity index (χ4v) is 3.25. The fourth-order valence-electron chi connectivity index (χ4n) is 2.54. The number of aromatic nitrogens is 1. The van der Waals surface area contributed by atoms with Crippen LogP contribution in [0.1, 0.15) is 33.3 Å². The molecule has 3 rings (SSSR count). The highest BCUT2D eigenvalue weighted by atomic mass is 32.1. The van der Waals surface area contributed by atoms with Crippen LogP contribution in [0.2, 0.25) is 0 Å². The van der Waals surface area contributed by atoms with Crippen LogP contribution in [0, 0.1) is 0 Å². The van der Waals surface area contributed by atoms with Gasteiger partial charge in [-0.25, -0.2) is 4.98 Å². The third kappa shape index (κ3) is 5.49. The van der Waals surface area contributed by atoms with Crippen LogP contribution in [-0.2, 0) is 11.2 Å². The third-order valence-electron chi connectivity index (χ3n) is 4.02. The molecule has 2 amide bonds. The molecule has 0 bridgehead atoms. The molecule has 0 unspecified atom stereocenters. The molecule has 0 saturated carbocycles. The largest absolute Gasteiger partial charge is 0.497 e. The molecule has 0 aliphatic carbocycles. The second-order valence-corrected chi connectivity index (χ2v) is 7.05. The maximum Gasteiger partial charge on any atom is 0.257 e. The van der Waals surface area contributed by atoms with Gasteiger partial charge in [0.25, 0.3) is 5.91 Å². The van der Waals surface area contributed by atoms with Gasteiger partial charge >= 0.3 is 0 Å². The Balaban J connectivity index is 1.58. The van der Waals surface area contributed by atoms with Crippen LogP contribution in [0.3, 0.4) is 0 Å². The summed E-state index contributed by atoms with van der Waals surface area (Å²) in [4.78, 5) is 40.2. The number of anilines is 2. The Morgan fingerprint density at radius 1 is 1.03 bits per heavy atom. The van der Waals surface area contributed by atoms with Crippen molar-refractivity contribution >= 4 is 39.8 Å². The van der Waals surface area contributed by atoms with E-state index < -0.39 is 0 Å². The minimum absolute atomic E-state index is 0.0548. The molecule has 2 aromatic carbocycles. The normalized spacial score (nSPS) is 10.3. The number of hydrogen-bond donors (Lipinski definition) is 2. The summed E-state index contributed by atoms with van der Waals surface area (Å²) in [5, 5.41) is 7.59. The van der Waals surface area contributed by atoms with Crippen molar-refractivity contribution in [3.63, 3.8) is 0 Å². The standard InChI is InChI=1S/C21H19N3O4S/c1-13(25)15-4-3-5-16(10-15)22-19(26)11-17-12-29-21(23-17)24-20(27)14-6-8-18(28-2)9-7-14/h3-10,12H,11H2,1-2H3,(H,22,26)(H,23,24,27). The van der Waals surface area contributed by atoms with Crippen LogP contribution < -0.4 is 15.4 Å². The zero-order valence-electron chi connectivity index (χ0n) is 15.9. The number of carbonyl (C=O) groups excluding carboxylic acids is 3. The van der Waals surface area contributed by atoms with E-state index >= 15 is 0 Å². The second kappa shape index (κ2) is 9.11. The van der Waals surface area contributed by atoms with Crippen LogP contribution in [0.4, 0.5) is 10.8 Å². The molecule has 0 fully saturated rings. The zero-order valence-corrected chi connectivity index (χ0v) is 16.7. The van der Waals surface area contributed by atoms with Gasteiger partial charge in [-0.15, -0.1) is 11.3 Å². The lowest BCUT2D eigenvalue weighted by molar-refractivity contribution is -0.115. The van der Waals surface area contributed by atoms with Crippen molar-refractivity contribution < 1.29 is 19.1 Å². The summed E-state index contributed by atoms with van der Waals surface area (Å²) in [6, 6.07) is 13.5. The number of Topliss-reactive ketones (excluding diaryl/α,β-unsaturated/α-hetero) is 1. The summed E-state index contributed by atoms with van der Waals surface area (Å²) in [5.41, 5.74) is 2.09. The molecule has 0 radical (unpaired) electrons. The lowest BCUT2D eigenvalue weighted by Crippen LogP contribution is -2.15. The van der Waals surface area contributed by atoms with Crippen molar-refractivity contribution in [2.24, 2.45) is 0 Å². The van der Waals surface area contributed by atoms with Gasteiger partial charge < -0.3 is 10.1 Å². The molecule has 0 aliphatic heterocycles. The Labute approximate surface area is 171 Å². The molecular formula is C21H19N3O4S. The quantitative estimate of drug-likeness (QED) is 0.579. The van der Waals surface area contributed by atoms with Gasteiger partial charge in [0.05, 0.1) is 19.2 Å². The first-order chi connectivity index (χ1) is 13.9. The minimum atomic E-state index is -0.293. The number of rotatable bonds is 7. The molecule has 2 N–H and O–H groups in total. The highest BCUT2D eigenvalue weighted by molar-refractivity contribution is 7.14. The van der Waals surface area contributed by atoms with Gasteiger partial charge in [0.1, 0.15) is 5.75 Å². The van der Waals surface area contributed by atoms with Crippen LogP contribution in [-0.4, -0.2) is 29.7 Å². The number of carbonyl (C=O) groups is 3. The summed E-state index contributed by atoms with van der Waals surface area (Å²) < 4.78 is 5.07. The average Bonchev–Trinajstić information content (AvgIpc) is 3.14. The summed E-state index contributed by atoms with van der Waals surface area (Å²) >= 11 is 1.24. The lowest BCUT2D eigenvalue weighted by Gasteiger charge is -2.05. The summed E-state index contributed by atoms with van der Waals surface area (Å²) in [5.74, 6) is 0.0406. The van der Waals surface area contributed by atoms with E-state index in [1.165, 1.54) is 18.3 Å². The van der Waals surface area contributed by atoms with E-state index in [0.29, 0.717) is 33.4 Å². The maximum absolute atomic E-state index is 12.3. The van der Waals surface area contributed by atoms with Gasteiger partial charge in [-0.3, -0.25) is 19.7 Å². The monoisotopic (exact) mass is 409 g/mol. The van der Waals surface area contributed by atoms with E-state index in [2.05, 4.69) is 15.6 Å². The number of nitrogens with zero attached hydrogens (tertiary/aromatic N) is 1. The molecule has 8 heteroatoms. The molecule has 29 heavy (non-hydrogen) atoms. The molecule has 0 aliphatic rings. The third-order valence-corrected chi connectivity index (χ3v) is 4.83. The Morgan fingerprint density at radius 3 is 2.48 bits per heavy atom. The first-order valence-corrected chi connectivity index (χ1v) is 9.63. The molecule has 0 atom stereocenters. The van der Waals surface area contributed by atoms with Crippen molar-refractivity contribution in [1.29, 1.82) is 0 Å². The first kappa shape index (κ1) is 20.2. The van der Waals surface area contributed by atoms with Crippen LogP contribution in [0.15, 0.2) is 53.9 Å². The minimum Gasteiger partial charge on any atom is -0.497 e. The molecule has 7 nitrogen and oxygen atoms in total. The van der Waals surface area contributed by atoms with Crippen molar-refractivity contribution in [1.82, 2.24) is 4.98 Å². The predicted molar refractivity (Wildman–Crippen MR) is 112 cm³/mol. The Bertz CT molecular complexity index is 1040. The van der Waals surface area contributed by atoms with Gasteiger partial charge in [0, 0.05) is 22.2 Å². The average molecular weight is 409 g/mol. The molecule has 148 valence electrons. The summed E-state index contributed by atoms with van der Waals surface area (Å²) in [7, 11) is 1.56. The zero-order chi connectivity index (χ0) is 20.8. The van der Waals surface area contributed by atoms with Gasteiger partial charge in [-0.1, -0.05) is 12.1 Å². The van der Waals surface area contributed by atoms with Gasteiger partial charge in [0.2, 0.25) is 5.91 Å². The Hall–Kier alpha value is -3.52. The number of thiazole rings is 1. The molecular weight excluding hydrogens is 390 g/mol. The van der Waals surface area contributed by atoms with Crippen molar-refractivity contribution in [3.05, 3.63) is 70.7 Å². The number of nitrogens with one attached hydrogen (secondary N) is 2. The molecule has 1 heterocycles. The van der Waals surface area contributed by atoms with Crippen LogP contribution >= 0.6 is 11.3 Å². The number of methoxy groups -OCH3 is 1. The number of ether oxygens (including phenoxy) is 1. The summed E-state index contributed by atoms with van der Waals surface area (Å²) in [6.07, 6.45) is 0.0548. The topological polar surface area (TPSA) is 97.4 Å². The van der Waals surface area contributed by atoms with E-state index in [-0.39, 0.29) is 24.0 Å². The van der Waals surface area contributed by atoms with E-state index in [4.69, 9.17) is 4.74 Å². The second-order valence-electron chi connectivity index (χ2n) is 6.19. The highest BCUT2D eigenvalue weighted by Crippen LogP contribution is 2.19. The number of benzene rings is 2. The Kier molecular flexibility index (Phi) is 6.36. The van der Waals surface area contributed by atoms with Gasteiger partial charge in [0.15, 0.2) is 10.9 Å². The molecule has 3 aromatic rings.